The van der Waals surface area contributed by atoms with E-state index in [0.717, 1.165) is 19.3 Å². The van der Waals surface area contributed by atoms with Gasteiger partial charge >= 0.3 is 5.97 Å². The number of hydrogen-bond donors (Lipinski definition) is 3. The Balaban J connectivity index is 2.01. The second kappa shape index (κ2) is 7.46. The third kappa shape index (κ3) is 3.08. The summed E-state index contributed by atoms with van der Waals surface area (Å²) in [4.78, 5) is 26.4. The Morgan fingerprint density at radius 3 is 2.60 bits per heavy atom. The molecule has 2 aliphatic rings. The number of pyridine rings is 1. The number of aromatic nitrogens is 1. The maximum atomic E-state index is 15.6. The van der Waals surface area contributed by atoms with Gasteiger partial charge in [-0.3, -0.25) is 4.79 Å². The number of rotatable bonds is 5. The number of anilines is 2. The van der Waals surface area contributed by atoms with E-state index in [0.29, 0.717) is 24.6 Å². The molecule has 0 spiro atoms. The van der Waals surface area contributed by atoms with Crippen LogP contribution in [0, 0.1) is 11.7 Å². The monoisotopic (exact) mass is 418 g/mol. The number of nitrogens with one attached hydrogen (secondary N) is 1. The third-order valence-electron chi connectivity index (χ3n) is 6.35. The highest BCUT2D eigenvalue weighted by atomic mass is 19.1. The van der Waals surface area contributed by atoms with Crippen molar-refractivity contribution in [3.05, 3.63) is 27.8 Å². The van der Waals surface area contributed by atoms with Gasteiger partial charge in [0.25, 0.3) is 0 Å². The molecule has 0 bridgehead atoms. The summed E-state index contributed by atoms with van der Waals surface area (Å²) in [5.41, 5.74) is 5.19. The number of piperidine rings is 1. The molecule has 1 saturated heterocycles. The molecule has 2 heterocycles. The molecule has 2 unspecified atom stereocenters. The molecule has 1 aliphatic heterocycles. The highest BCUT2D eigenvalue weighted by molar-refractivity contribution is 6.03. The van der Waals surface area contributed by atoms with Gasteiger partial charge in [0.1, 0.15) is 11.3 Å². The van der Waals surface area contributed by atoms with Crippen LogP contribution in [0.5, 0.6) is 5.75 Å². The molecule has 4 N–H and O–H groups in total. The van der Waals surface area contributed by atoms with Crippen LogP contribution in [0.2, 0.25) is 0 Å². The maximum Gasteiger partial charge on any atom is 0.341 e. The molecule has 2 aromatic rings. The predicted octanol–water partition coefficient (Wildman–Crippen LogP) is 2.20. The number of nitrogens with zero attached hydrogens (tertiary/aromatic N) is 2. The highest BCUT2D eigenvalue weighted by Gasteiger charge is 2.35. The van der Waals surface area contributed by atoms with Crippen LogP contribution in [0.25, 0.3) is 10.9 Å². The molecule has 2 atom stereocenters. The molecule has 0 radical (unpaired) electrons. The number of carboxylic acid groups (broad SMARTS) is 1. The van der Waals surface area contributed by atoms with Crippen LogP contribution in [0.1, 0.15) is 42.6 Å². The first kappa shape index (κ1) is 20.5. The van der Waals surface area contributed by atoms with E-state index < -0.39 is 22.8 Å². The van der Waals surface area contributed by atoms with Crippen LogP contribution in [0.15, 0.2) is 11.0 Å². The number of carboxylic acids is 1. The van der Waals surface area contributed by atoms with Crippen molar-refractivity contribution < 1.29 is 19.0 Å². The molecule has 4 rings (SSSR count). The summed E-state index contributed by atoms with van der Waals surface area (Å²) < 4.78 is 22.9. The number of nitrogens with two attached hydrogens (primary N) is 1. The SMILES string of the molecule is CNC1CCN(c2c(F)c(N)c3c(=O)c(C(=O)O)cn(C4CC4)c3c2OC)CC1C. The number of carbonyl (C=O) groups is 1. The first-order valence-corrected chi connectivity index (χ1v) is 10.2. The van der Waals surface area contributed by atoms with Gasteiger partial charge in [0, 0.05) is 31.4 Å². The van der Waals surface area contributed by atoms with Gasteiger partial charge in [-0.25, -0.2) is 9.18 Å². The zero-order chi connectivity index (χ0) is 21.7. The molecular formula is C21H27FN4O4. The van der Waals surface area contributed by atoms with E-state index in [1.807, 2.05) is 11.9 Å². The zero-order valence-corrected chi connectivity index (χ0v) is 17.4. The number of benzene rings is 1. The molecule has 0 amide bonds. The van der Waals surface area contributed by atoms with Crippen LogP contribution in [-0.4, -0.2) is 48.9 Å². The Hall–Kier alpha value is -2.81. The molecule has 1 aromatic heterocycles. The van der Waals surface area contributed by atoms with E-state index >= 15 is 4.39 Å². The van der Waals surface area contributed by atoms with Crippen molar-refractivity contribution >= 4 is 28.2 Å². The summed E-state index contributed by atoms with van der Waals surface area (Å²) in [7, 11) is 3.35. The maximum absolute atomic E-state index is 15.6. The minimum atomic E-state index is -1.36. The van der Waals surface area contributed by atoms with Crippen molar-refractivity contribution in [2.24, 2.45) is 5.92 Å². The summed E-state index contributed by atoms with van der Waals surface area (Å²) in [6.07, 6.45) is 3.85. The molecule has 1 aliphatic carbocycles. The molecular weight excluding hydrogens is 391 g/mol. The fourth-order valence-corrected chi connectivity index (χ4v) is 4.61. The molecule has 30 heavy (non-hydrogen) atoms. The van der Waals surface area contributed by atoms with Crippen molar-refractivity contribution in [2.45, 2.75) is 38.3 Å². The first-order chi connectivity index (χ1) is 14.3. The van der Waals surface area contributed by atoms with E-state index in [9.17, 15) is 14.7 Å². The number of aromatic carboxylic acids is 1. The van der Waals surface area contributed by atoms with Gasteiger partial charge in [-0.1, -0.05) is 6.92 Å². The highest BCUT2D eigenvalue weighted by Crippen LogP contribution is 2.46. The Labute approximate surface area is 173 Å². The Kier molecular flexibility index (Phi) is 5.09. The average Bonchev–Trinajstić information content (AvgIpc) is 3.55. The van der Waals surface area contributed by atoms with E-state index in [4.69, 9.17) is 10.5 Å². The van der Waals surface area contributed by atoms with E-state index in [1.165, 1.54) is 13.3 Å². The standard InChI is InChI=1S/C21H27FN4O4/c1-10-8-25(7-6-13(10)24-2)18-15(22)16(23)14-17(20(18)30-3)26(11-4-5-11)9-12(19(14)27)21(28)29/h9-11,13,24H,4-8,23H2,1-3H3,(H,28,29). The van der Waals surface area contributed by atoms with Gasteiger partial charge in [0.15, 0.2) is 11.6 Å². The van der Waals surface area contributed by atoms with Crippen molar-refractivity contribution in [1.82, 2.24) is 9.88 Å². The lowest BCUT2D eigenvalue weighted by atomic mass is 9.93. The third-order valence-corrected chi connectivity index (χ3v) is 6.35. The lowest BCUT2D eigenvalue weighted by molar-refractivity contribution is 0.0695. The van der Waals surface area contributed by atoms with Crippen molar-refractivity contribution in [1.29, 1.82) is 0 Å². The van der Waals surface area contributed by atoms with Crippen molar-refractivity contribution in [3.8, 4) is 5.75 Å². The molecule has 1 aromatic carbocycles. The smallest absolute Gasteiger partial charge is 0.341 e. The van der Waals surface area contributed by atoms with Gasteiger partial charge in [0.05, 0.1) is 23.7 Å². The lowest BCUT2D eigenvalue weighted by Crippen LogP contribution is -2.47. The summed E-state index contributed by atoms with van der Waals surface area (Å²) in [5, 5.41) is 12.6. The van der Waals surface area contributed by atoms with Crippen LogP contribution < -0.4 is 26.1 Å². The van der Waals surface area contributed by atoms with Crippen LogP contribution in [0.4, 0.5) is 15.8 Å². The fourth-order valence-electron chi connectivity index (χ4n) is 4.61. The second-order valence-electron chi connectivity index (χ2n) is 8.26. The Morgan fingerprint density at radius 2 is 2.07 bits per heavy atom. The molecule has 2 fully saturated rings. The topological polar surface area (TPSA) is 110 Å². The predicted molar refractivity (Wildman–Crippen MR) is 113 cm³/mol. The Bertz CT molecular complexity index is 1080. The van der Waals surface area contributed by atoms with Gasteiger partial charge in [-0.2, -0.15) is 0 Å². The summed E-state index contributed by atoms with van der Waals surface area (Å²) in [6.45, 7) is 3.31. The minimum absolute atomic E-state index is 0.0340. The molecule has 9 heteroatoms. The summed E-state index contributed by atoms with van der Waals surface area (Å²) in [6, 6.07) is 0.364. The normalized spacial score (nSPS) is 21.8. The van der Waals surface area contributed by atoms with Crippen molar-refractivity contribution in [2.75, 3.05) is 37.9 Å². The zero-order valence-electron chi connectivity index (χ0n) is 17.4. The van der Waals surface area contributed by atoms with Gasteiger partial charge in [-0.15, -0.1) is 0 Å². The number of hydrogen-bond acceptors (Lipinski definition) is 6. The average molecular weight is 418 g/mol. The quantitative estimate of drug-likeness (QED) is 0.639. The number of halogens is 1. The number of ether oxygens (including phenoxy) is 1. The summed E-state index contributed by atoms with van der Waals surface area (Å²) >= 11 is 0. The number of nitrogen functional groups attached to an aromatic ring is 1. The molecule has 8 nitrogen and oxygen atoms in total. The molecule has 162 valence electrons. The van der Waals surface area contributed by atoms with E-state index in [1.54, 1.807) is 4.57 Å². The van der Waals surface area contributed by atoms with E-state index in [-0.39, 0.29) is 34.5 Å². The Morgan fingerprint density at radius 1 is 1.37 bits per heavy atom. The number of methoxy groups -OCH3 is 1. The van der Waals surface area contributed by atoms with Crippen LogP contribution in [0.3, 0.4) is 0 Å². The van der Waals surface area contributed by atoms with Gasteiger partial charge in [0.2, 0.25) is 5.43 Å². The minimum Gasteiger partial charge on any atom is -0.492 e. The first-order valence-electron chi connectivity index (χ1n) is 10.2. The summed E-state index contributed by atoms with van der Waals surface area (Å²) in [5.74, 6) is -1.60. The van der Waals surface area contributed by atoms with Crippen molar-refractivity contribution in [3.63, 3.8) is 0 Å². The van der Waals surface area contributed by atoms with Crippen LogP contribution in [-0.2, 0) is 0 Å². The van der Waals surface area contributed by atoms with Gasteiger partial charge in [-0.05, 0) is 32.2 Å². The molecule has 1 saturated carbocycles. The van der Waals surface area contributed by atoms with E-state index in [2.05, 4.69) is 12.2 Å². The second-order valence-corrected chi connectivity index (χ2v) is 8.26. The fraction of sp³-hybridized carbons (Fsp3) is 0.524. The van der Waals surface area contributed by atoms with Crippen LogP contribution >= 0.6 is 0 Å². The lowest BCUT2D eigenvalue weighted by Gasteiger charge is -2.39. The largest absolute Gasteiger partial charge is 0.492 e. The number of fused-ring (bicyclic) bond motifs is 1. The van der Waals surface area contributed by atoms with Gasteiger partial charge < -0.3 is 30.4 Å².